The van der Waals surface area contributed by atoms with Gasteiger partial charge in [-0.2, -0.15) is 0 Å². The number of allylic oxidation sites excluding steroid dienone is 2. The molecular weight excluding hydrogens is 272 g/mol. The largest absolute Gasteiger partial charge is 0.381 e. The molecule has 2 atom stereocenters. The number of ether oxygens (including phenoxy) is 1. The van der Waals surface area contributed by atoms with E-state index >= 15 is 0 Å². The monoisotopic (exact) mass is 298 g/mol. The first-order chi connectivity index (χ1) is 10.8. The van der Waals surface area contributed by atoms with Crippen LogP contribution in [0.4, 0.5) is 0 Å². The van der Waals surface area contributed by atoms with Crippen molar-refractivity contribution in [3.05, 3.63) is 59.3 Å². The Morgan fingerprint density at radius 3 is 2.68 bits per heavy atom. The first-order valence-corrected chi connectivity index (χ1v) is 8.37. The van der Waals surface area contributed by atoms with Crippen LogP contribution in [0.25, 0.3) is 0 Å². The Morgan fingerprint density at radius 1 is 1.23 bits per heavy atom. The van der Waals surface area contributed by atoms with Gasteiger partial charge in [-0.15, -0.1) is 0 Å². The number of benzene rings is 1. The minimum absolute atomic E-state index is 0.324. The van der Waals surface area contributed by atoms with E-state index in [0.29, 0.717) is 12.0 Å². The highest BCUT2D eigenvalue weighted by atomic mass is 16.5. The maximum atomic E-state index is 5.84. The molecule has 2 aliphatic rings. The quantitative estimate of drug-likeness (QED) is 0.877. The van der Waals surface area contributed by atoms with Gasteiger partial charge in [-0.3, -0.25) is 0 Å². The van der Waals surface area contributed by atoms with E-state index in [-0.39, 0.29) is 0 Å². The number of hydrogen-bond donors (Lipinski definition) is 2. The van der Waals surface area contributed by atoms with E-state index < -0.39 is 0 Å². The summed E-state index contributed by atoms with van der Waals surface area (Å²) < 4.78 is 5.84. The van der Waals surface area contributed by atoms with Crippen LogP contribution in [0.5, 0.6) is 0 Å². The van der Waals surface area contributed by atoms with Crippen molar-refractivity contribution in [3.63, 3.8) is 0 Å². The molecule has 1 aromatic rings. The molecule has 0 saturated carbocycles. The van der Waals surface area contributed by atoms with Gasteiger partial charge >= 0.3 is 0 Å². The molecule has 1 aliphatic heterocycles. The molecule has 1 unspecified atom stereocenters. The van der Waals surface area contributed by atoms with Crippen molar-refractivity contribution in [1.29, 1.82) is 0 Å². The van der Waals surface area contributed by atoms with Crippen molar-refractivity contribution in [3.8, 4) is 0 Å². The highest BCUT2D eigenvalue weighted by molar-refractivity contribution is 5.26. The van der Waals surface area contributed by atoms with Crippen LogP contribution in [-0.2, 0) is 17.7 Å². The van der Waals surface area contributed by atoms with Crippen LogP contribution in [0.3, 0.4) is 0 Å². The van der Waals surface area contributed by atoms with E-state index in [1.54, 1.807) is 0 Å². The molecule has 0 spiro atoms. The first-order valence-electron chi connectivity index (χ1n) is 8.37. The van der Waals surface area contributed by atoms with E-state index in [1.165, 1.54) is 16.8 Å². The van der Waals surface area contributed by atoms with Gasteiger partial charge in [-0.25, -0.2) is 0 Å². The summed E-state index contributed by atoms with van der Waals surface area (Å²) in [7, 11) is 0. The van der Waals surface area contributed by atoms with E-state index in [2.05, 4.69) is 60.1 Å². The molecule has 0 amide bonds. The lowest BCUT2D eigenvalue weighted by Crippen LogP contribution is -2.42. The first kappa shape index (κ1) is 15.3. The van der Waals surface area contributed by atoms with Crippen LogP contribution >= 0.6 is 0 Å². The lowest BCUT2D eigenvalue weighted by atomic mass is 9.93. The summed E-state index contributed by atoms with van der Waals surface area (Å²) >= 11 is 0. The SMILES string of the molecule is CCc1ccc(CNC2=CCC([C@H]3CNCCO3)C=C2)cc1. The maximum absolute atomic E-state index is 5.84. The molecule has 118 valence electrons. The fourth-order valence-electron chi connectivity index (χ4n) is 3.00. The van der Waals surface area contributed by atoms with Gasteiger partial charge in [-0.05, 0) is 30.0 Å². The van der Waals surface area contributed by atoms with Crippen LogP contribution in [0.15, 0.2) is 48.2 Å². The predicted molar refractivity (Wildman–Crippen MR) is 90.6 cm³/mol. The van der Waals surface area contributed by atoms with E-state index in [9.17, 15) is 0 Å². The Bertz CT molecular complexity index is 527. The molecule has 3 heteroatoms. The molecule has 3 nitrogen and oxygen atoms in total. The smallest absolute Gasteiger partial charge is 0.0765 e. The zero-order chi connectivity index (χ0) is 15.2. The van der Waals surface area contributed by atoms with Gasteiger partial charge in [0.15, 0.2) is 0 Å². The second-order valence-corrected chi connectivity index (χ2v) is 6.06. The third kappa shape index (κ3) is 3.99. The zero-order valence-corrected chi connectivity index (χ0v) is 13.3. The average molecular weight is 298 g/mol. The van der Waals surface area contributed by atoms with Gasteiger partial charge in [0.1, 0.15) is 0 Å². The highest BCUT2D eigenvalue weighted by Crippen LogP contribution is 2.21. The van der Waals surface area contributed by atoms with Crippen molar-refractivity contribution in [1.82, 2.24) is 10.6 Å². The minimum Gasteiger partial charge on any atom is -0.381 e. The minimum atomic E-state index is 0.324. The van der Waals surface area contributed by atoms with Crippen LogP contribution in [0.2, 0.25) is 0 Å². The second-order valence-electron chi connectivity index (χ2n) is 6.06. The average Bonchev–Trinajstić information content (AvgIpc) is 2.61. The molecule has 0 radical (unpaired) electrons. The molecule has 1 aromatic carbocycles. The molecular formula is C19H26N2O. The number of aryl methyl sites for hydroxylation is 1. The third-order valence-electron chi connectivity index (χ3n) is 4.49. The predicted octanol–water partition coefficient (Wildman–Crippen LogP) is 2.79. The van der Waals surface area contributed by atoms with Gasteiger partial charge in [-0.1, -0.05) is 43.3 Å². The van der Waals surface area contributed by atoms with Gasteiger partial charge in [0.05, 0.1) is 12.7 Å². The molecule has 1 fully saturated rings. The highest BCUT2D eigenvalue weighted by Gasteiger charge is 2.23. The molecule has 1 aliphatic carbocycles. The molecule has 2 N–H and O–H groups in total. The Morgan fingerprint density at radius 2 is 2.05 bits per heavy atom. The van der Waals surface area contributed by atoms with Crippen molar-refractivity contribution in [2.75, 3.05) is 19.7 Å². The summed E-state index contributed by atoms with van der Waals surface area (Å²) in [5.74, 6) is 0.502. The van der Waals surface area contributed by atoms with E-state index in [4.69, 9.17) is 4.74 Å². The van der Waals surface area contributed by atoms with Gasteiger partial charge < -0.3 is 15.4 Å². The molecule has 1 heterocycles. The van der Waals surface area contributed by atoms with Crippen LogP contribution < -0.4 is 10.6 Å². The lowest BCUT2D eigenvalue weighted by Gasteiger charge is -2.30. The second kappa shape index (κ2) is 7.61. The summed E-state index contributed by atoms with van der Waals surface area (Å²) in [6.45, 7) is 5.85. The molecule has 1 saturated heterocycles. The summed E-state index contributed by atoms with van der Waals surface area (Å²) in [6, 6.07) is 8.85. The summed E-state index contributed by atoms with van der Waals surface area (Å²) in [6.07, 6.45) is 9.26. The number of nitrogens with one attached hydrogen (secondary N) is 2. The fraction of sp³-hybridized carbons (Fsp3) is 0.474. The molecule has 22 heavy (non-hydrogen) atoms. The van der Waals surface area contributed by atoms with Crippen LogP contribution in [-0.4, -0.2) is 25.8 Å². The van der Waals surface area contributed by atoms with E-state index in [0.717, 1.165) is 39.1 Å². The van der Waals surface area contributed by atoms with E-state index in [1.807, 2.05) is 0 Å². The normalized spacial score (nSPS) is 24.9. The summed E-state index contributed by atoms with van der Waals surface area (Å²) in [5.41, 5.74) is 3.94. The van der Waals surface area contributed by atoms with Crippen molar-refractivity contribution in [2.45, 2.75) is 32.4 Å². The zero-order valence-electron chi connectivity index (χ0n) is 13.3. The number of hydrogen-bond acceptors (Lipinski definition) is 3. The van der Waals surface area contributed by atoms with Crippen molar-refractivity contribution >= 4 is 0 Å². The fourth-order valence-corrected chi connectivity index (χ4v) is 3.00. The van der Waals surface area contributed by atoms with Gasteiger partial charge in [0.25, 0.3) is 0 Å². The summed E-state index contributed by atoms with van der Waals surface area (Å²) in [5, 5.41) is 6.92. The molecule has 3 rings (SSSR count). The number of morpholine rings is 1. The van der Waals surface area contributed by atoms with Crippen molar-refractivity contribution in [2.24, 2.45) is 5.92 Å². The van der Waals surface area contributed by atoms with Crippen LogP contribution in [0.1, 0.15) is 24.5 Å². The molecule has 0 bridgehead atoms. The maximum Gasteiger partial charge on any atom is 0.0765 e. The lowest BCUT2D eigenvalue weighted by molar-refractivity contribution is 0.00350. The Balaban J connectivity index is 1.47. The standard InChI is InChI=1S/C19H26N2O/c1-2-15-3-5-16(6-4-15)13-21-18-9-7-17(8-10-18)19-14-20-11-12-22-19/h3-7,9-10,17,19-21H,2,8,11-14H2,1H3/t17?,19-/m1/s1. The topological polar surface area (TPSA) is 33.3 Å². The third-order valence-corrected chi connectivity index (χ3v) is 4.49. The Hall–Kier alpha value is -1.58. The number of rotatable bonds is 5. The van der Waals surface area contributed by atoms with Crippen LogP contribution in [0, 0.1) is 5.92 Å². The Labute approximate surface area is 133 Å². The van der Waals surface area contributed by atoms with Gasteiger partial charge in [0.2, 0.25) is 0 Å². The summed E-state index contributed by atoms with van der Waals surface area (Å²) in [4.78, 5) is 0. The van der Waals surface area contributed by atoms with Gasteiger partial charge in [0, 0.05) is 31.2 Å². The van der Waals surface area contributed by atoms with Crippen molar-refractivity contribution < 1.29 is 4.74 Å². The molecule has 0 aromatic heterocycles. The Kier molecular flexibility index (Phi) is 5.30.